The number of aromatic hydroxyl groups is 1. The summed E-state index contributed by atoms with van der Waals surface area (Å²) in [5.74, 6) is 0.228. The van der Waals surface area contributed by atoms with E-state index in [1.165, 1.54) is 11.8 Å². The second kappa shape index (κ2) is 4.81. The maximum atomic E-state index is 10.8. The molecule has 0 saturated heterocycles. The largest absolute Gasteiger partial charge is 0.508 e. The van der Waals surface area contributed by atoms with E-state index in [0.29, 0.717) is 5.56 Å². The molecule has 0 unspecified atom stereocenters. The number of phenolic OH excluding ortho intramolecular Hbond substituents is 1. The molecule has 2 rings (SSSR count). The number of hydrogen-bond acceptors (Lipinski definition) is 4. The lowest BCUT2D eigenvalue weighted by atomic mass is 10.3. The molecular weight excluding hydrogens is 222 g/mol. The van der Waals surface area contributed by atoms with Gasteiger partial charge in [-0.3, -0.25) is 9.78 Å². The number of hydrogen-bond donors (Lipinski definition) is 1. The Morgan fingerprint density at radius 2 is 1.94 bits per heavy atom. The molecule has 0 saturated carbocycles. The molecule has 1 aromatic carbocycles. The van der Waals surface area contributed by atoms with E-state index in [4.69, 9.17) is 5.11 Å². The van der Waals surface area contributed by atoms with Crippen LogP contribution in [0.25, 0.3) is 0 Å². The molecule has 1 aromatic heterocycles. The van der Waals surface area contributed by atoms with Gasteiger partial charge >= 0.3 is 0 Å². The van der Waals surface area contributed by atoms with Crippen molar-refractivity contribution in [2.75, 3.05) is 0 Å². The standard InChI is InChI=1S/C12H9NO2S/c14-8-9-5-6-13-7-12(9)16-11-3-1-10(15)2-4-11/h1-8,15H. The molecule has 0 atom stereocenters. The van der Waals surface area contributed by atoms with Gasteiger partial charge in [0.15, 0.2) is 6.29 Å². The normalized spacial score (nSPS) is 10.0. The quantitative estimate of drug-likeness (QED) is 0.825. The Hall–Kier alpha value is -1.81. The zero-order valence-electron chi connectivity index (χ0n) is 8.33. The Morgan fingerprint density at radius 3 is 2.62 bits per heavy atom. The molecule has 0 bridgehead atoms. The predicted molar refractivity (Wildman–Crippen MR) is 61.9 cm³/mol. The van der Waals surface area contributed by atoms with Gasteiger partial charge in [0.1, 0.15) is 5.75 Å². The van der Waals surface area contributed by atoms with Crippen molar-refractivity contribution >= 4 is 18.0 Å². The van der Waals surface area contributed by atoms with Crippen molar-refractivity contribution in [1.29, 1.82) is 0 Å². The first-order valence-electron chi connectivity index (χ1n) is 4.65. The zero-order valence-corrected chi connectivity index (χ0v) is 9.15. The summed E-state index contributed by atoms with van der Waals surface area (Å²) in [6.45, 7) is 0. The van der Waals surface area contributed by atoms with Crippen LogP contribution in [0.2, 0.25) is 0 Å². The lowest BCUT2D eigenvalue weighted by Gasteiger charge is -2.03. The van der Waals surface area contributed by atoms with Crippen molar-refractivity contribution in [2.24, 2.45) is 0 Å². The van der Waals surface area contributed by atoms with E-state index in [1.807, 2.05) is 0 Å². The number of benzene rings is 1. The van der Waals surface area contributed by atoms with E-state index in [-0.39, 0.29) is 5.75 Å². The third-order valence-electron chi connectivity index (χ3n) is 2.01. The fraction of sp³-hybridized carbons (Fsp3) is 0. The monoisotopic (exact) mass is 231 g/mol. The Labute approximate surface area is 97.2 Å². The maximum absolute atomic E-state index is 10.8. The van der Waals surface area contributed by atoms with Crippen LogP contribution in [-0.4, -0.2) is 16.4 Å². The van der Waals surface area contributed by atoms with Gasteiger partial charge in [0.25, 0.3) is 0 Å². The summed E-state index contributed by atoms with van der Waals surface area (Å²) in [7, 11) is 0. The van der Waals surface area contributed by atoms with Crippen molar-refractivity contribution < 1.29 is 9.90 Å². The minimum absolute atomic E-state index is 0.228. The number of nitrogens with zero attached hydrogens (tertiary/aromatic N) is 1. The highest BCUT2D eigenvalue weighted by Gasteiger charge is 2.03. The molecule has 16 heavy (non-hydrogen) atoms. The molecule has 0 aliphatic rings. The SMILES string of the molecule is O=Cc1ccncc1Sc1ccc(O)cc1. The van der Waals surface area contributed by atoms with Crippen LogP contribution < -0.4 is 0 Å². The van der Waals surface area contributed by atoms with Crippen molar-refractivity contribution in [1.82, 2.24) is 4.98 Å². The summed E-state index contributed by atoms with van der Waals surface area (Å²) in [6.07, 6.45) is 4.05. The van der Waals surface area contributed by atoms with E-state index < -0.39 is 0 Å². The molecule has 0 radical (unpaired) electrons. The number of rotatable bonds is 3. The fourth-order valence-corrected chi connectivity index (χ4v) is 2.09. The van der Waals surface area contributed by atoms with Crippen molar-refractivity contribution in [3.05, 3.63) is 48.3 Å². The van der Waals surface area contributed by atoms with Gasteiger partial charge < -0.3 is 5.11 Å². The molecular formula is C12H9NO2S. The van der Waals surface area contributed by atoms with Gasteiger partial charge in [-0.15, -0.1) is 0 Å². The van der Waals surface area contributed by atoms with Gasteiger partial charge in [0.2, 0.25) is 0 Å². The number of pyridine rings is 1. The first kappa shape index (κ1) is 10.7. The summed E-state index contributed by atoms with van der Waals surface area (Å²) in [5, 5.41) is 9.15. The fourth-order valence-electron chi connectivity index (χ4n) is 1.21. The molecule has 0 spiro atoms. The lowest BCUT2D eigenvalue weighted by Crippen LogP contribution is -1.85. The average molecular weight is 231 g/mol. The first-order chi connectivity index (χ1) is 7.79. The first-order valence-corrected chi connectivity index (χ1v) is 5.47. The highest BCUT2D eigenvalue weighted by Crippen LogP contribution is 2.29. The van der Waals surface area contributed by atoms with Crippen molar-refractivity contribution in [3.8, 4) is 5.75 Å². The van der Waals surface area contributed by atoms with Crippen LogP contribution in [0.5, 0.6) is 5.75 Å². The molecule has 80 valence electrons. The molecule has 0 fully saturated rings. The summed E-state index contributed by atoms with van der Waals surface area (Å²) in [6, 6.07) is 8.48. The molecule has 0 aliphatic carbocycles. The minimum Gasteiger partial charge on any atom is -0.508 e. The maximum Gasteiger partial charge on any atom is 0.151 e. The summed E-state index contributed by atoms with van der Waals surface area (Å²) in [4.78, 5) is 16.5. The number of aldehydes is 1. The zero-order chi connectivity index (χ0) is 11.4. The lowest BCUT2D eigenvalue weighted by molar-refractivity contribution is 0.112. The van der Waals surface area contributed by atoms with Gasteiger partial charge in [0.05, 0.1) is 0 Å². The highest BCUT2D eigenvalue weighted by molar-refractivity contribution is 7.99. The van der Waals surface area contributed by atoms with E-state index in [1.54, 1.807) is 42.7 Å². The summed E-state index contributed by atoms with van der Waals surface area (Å²) in [5.41, 5.74) is 0.619. The van der Waals surface area contributed by atoms with Gasteiger partial charge in [0, 0.05) is 27.7 Å². The molecule has 2 aromatic rings. The predicted octanol–water partition coefficient (Wildman–Crippen LogP) is 2.75. The molecule has 4 heteroatoms. The van der Waals surface area contributed by atoms with E-state index in [9.17, 15) is 4.79 Å². The average Bonchev–Trinajstić information content (AvgIpc) is 2.33. The Kier molecular flexibility index (Phi) is 3.22. The van der Waals surface area contributed by atoms with Crippen molar-refractivity contribution in [3.63, 3.8) is 0 Å². The van der Waals surface area contributed by atoms with E-state index in [0.717, 1.165) is 16.1 Å². The Morgan fingerprint density at radius 1 is 1.19 bits per heavy atom. The number of carbonyl (C=O) groups is 1. The van der Waals surface area contributed by atoms with Crippen LogP contribution in [0, 0.1) is 0 Å². The molecule has 3 nitrogen and oxygen atoms in total. The van der Waals surface area contributed by atoms with E-state index in [2.05, 4.69) is 4.98 Å². The third-order valence-corrected chi connectivity index (χ3v) is 3.08. The Bertz CT molecular complexity index is 497. The summed E-state index contributed by atoms with van der Waals surface area (Å²) < 4.78 is 0. The third kappa shape index (κ3) is 2.41. The van der Waals surface area contributed by atoms with Crippen LogP contribution in [0.15, 0.2) is 52.5 Å². The second-order valence-electron chi connectivity index (χ2n) is 3.13. The van der Waals surface area contributed by atoms with Gasteiger partial charge in [-0.05, 0) is 30.3 Å². The molecule has 0 amide bonds. The molecule has 1 heterocycles. The minimum atomic E-state index is 0.228. The smallest absolute Gasteiger partial charge is 0.151 e. The number of aromatic nitrogens is 1. The highest BCUT2D eigenvalue weighted by atomic mass is 32.2. The van der Waals surface area contributed by atoms with Crippen LogP contribution >= 0.6 is 11.8 Å². The van der Waals surface area contributed by atoms with Crippen molar-refractivity contribution in [2.45, 2.75) is 9.79 Å². The second-order valence-corrected chi connectivity index (χ2v) is 4.24. The number of phenols is 1. The van der Waals surface area contributed by atoms with Crippen LogP contribution in [0.1, 0.15) is 10.4 Å². The van der Waals surface area contributed by atoms with Gasteiger partial charge in [-0.2, -0.15) is 0 Å². The number of carbonyl (C=O) groups excluding carboxylic acids is 1. The van der Waals surface area contributed by atoms with E-state index >= 15 is 0 Å². The molecule has 1 N–H and O–H groups in total. The Balaban J connectivity index is 2.26. The van der Waals surface area contributed by atoms with Crippen LogP contribution in [-0.2, 0) is 0 Å². The topological polar surface area (TPSA) is 50.2 Å². The van der Waals surface area contributed by atoms with Gasteiger partial charge in [-0.25, -0.2) is 0 Å². The molecule has 0 aliphatic heterocycles. The van der Waals surface area contributed by atoms with Crippen LogP contribution in [0.4, 0.5) is 0 Å². The summed E-state index contributed by atoms with van der Waals surface area (Å²) >= 11 is 1.44. The van der Waals surface area contributed by atoms with Gasteiger partial charge in [-0.1, -0.05) is 11.8 Å². The van der Waals surface area contributed by atoms with Crippen LogP contribution in [0.3, 0.4) is 0 Å².